The number of methoxy groups -OCH3 is 2. The number of Topliss-reactive ketones (excluding diaryl/α,β-unsaturated/α-hetero) is 1. The molecule has 2 aliphatic heterocycles. The number of benzene rings is 2. The van der Waals surface area contributed by atoms with Crippen LogP contribution in [0.2, 0.25) is 0 Å². The van der Waals surface area contributed by atoms with Crippen LogP contribution in [0.3, 0.4) is 0 Å². The number of nitrogens with zero attached hydrogens (tertiary/aromatic N) is 1. The number of fused-ring (bicyclic) bond motifs is 1. The van der Waals surface area contributed by atoms with Gasteiger partial charge in [-0.25, -0.2) is 0 Å². The summed E-state index contributed by atoms with van der Waals surface area (Å²) in [6.07, 6.45) is 3.51. The highest BCUT2D eigenvalue weighted by Gasteiger charge is 2.35. The number of rotatable bonds is 10. The molecule has 36 heavy (non-hydrogen) atoms. The van der Waals surface area contributed by atoms with Crippen LogP contribution in [0, 0.1) is 5.92 Å². The van der Waals surface area contributed by atoms with Gasteiger partial charge in [0.25, 0.3) is 0 Å². The Morgan fingerprint density at radius 3 is 2.50 bits per heavy atom. The Bertz CT molecular complexity index is 1050. The minimum atomic E-state index is -0.202. The molecule has 2 aromatic carbocycles. The molecule has 2 atom stereocenters. The lowest BCUT2D eigenvalue weighted by molar-refractivity contribution is -0.0648. The van der Waals surface area contributed by atoms with Crippen molar-refractivity contribution in [2.24, 2.45) is 11.7 Å². The van der Waals surface area contributed by atoms with Gasteiger partial charge in [0, 0.05) is 30.6 Å². The highest BCUT2D eigenvalue weighted by Crippen LogP contribution is 2.42. The summed E-state index contributed by atoms with van der Waals surface area (Å²) in [7, 11) is 3.15. The Hall–Kier alpha value is -2.81. The number of nitrogens with two attached hydrogens (primary N) is 1. The van der Waals surface area contributed by atoms with Crippen molar-refractivity contribution in [3.63, 3.8) is 0 Å². The molecular weight excluding hydrogens is 460 g/mol. The molecule has 0 saturated carbocycles. The van der Waals surface area contributed by atoms with Crippen LogP contribution < -0.4 is 19.9 Å². The number of carbonyl (C=O) groups is 1. The molecule has 2 aromatic rings. The van der Waals surface area contributed by atoms with E-state index in [1.807, 2.05) is 6.07 Å². The van der Waals surface area contributed by atoms with Crippen LogP contribution >= 0.6 is 0 Å². The summed E-state index contributed by atoms with van der Waals surface area (Å²) in [6.45, 7) is 5.47. The predicted molar refractivity (Wildman–Crippen MR) is 137 cm³/mol. The molecule has 0 aromatic heterocycles. The number of likely N-dealkylation sites (tertiary alicyclic amines) is 1. The molecule has 1 fully saturated rings. The zero-order chi connectivity index (χ0) is 25.7. The Balaban J connectivity index is 1.26. The number of carbonyl (C=O) groups excluding carboxylic acids is 1. The number of hydrogen-bond donors (Lipinski definition) is 2. The third kappa shape index (κ3) is 5.77. The van der Waals surface area contributed by atoms with Gasteiger partial charge in [-0.05, 0) is 75.0 Å². The molecule has 0 bridgehead atoms. The third-order valence-corrected chi connectivity index (χ3v) is 7.41. The molecular formula is C28H38N2O6. The van der Waals surface area contributed by atoms with Gasteiger partial charge in [0.15, 0.2) is 28.8 Å². The number of aromatic hydroxyl groups is 1. The first-order valence-electron chi connectivity index (χ1n) is 12.7. The van der Waals surface area contributed by atoms with Gasteiger partial charge in [0.2, 0.25) is 0 Å². The average molecular weight is 499 g/mol. The topological polar surface area (TPSA) is 103 Å². The molecule has 3 N–H and O–H groups in total. The largest absolute Gasteiger partial charge is 0.504 e. The van der Waals surface area contributed by atoms with Crippen molar-refractivity contribution >= 4 is 5.78 Å². The molecule has 2 unspecified atom stereocenters. The zero-order valence-electron chi connectivity index (χ0n) is 21.5. The molecule has 0 radical (unpaired) electrons. The van der Waals surface area contributed by atoms with Crippen molar-refractivity contribution in [2.75, 3.05) is 47.0 Å². The smallest absolute Gasteiger partial charge is 0.161 e. The van der Waals surface area contributed by atoms with E-state index in [0.29, 0.717) is 48.3 Å². The maximum Gasteiger partial charge on any atom is 0.161 e. The van der Waals surface area contributed by atoms with Crippen molar-refractivity contribution < 1.29 is 28.8 Å². The van der Waals surface area contributed by atoms with Crippen LogP contribution in [-0.2, 0) is 11.2 Å². The SMILES string of the molecule is COc1cc(C(C)=O)ccc1OCCCN1CCC(C2Cc3c(ccc(OC)c3O)C(CN)O2)CC1. The summed E-state index contributed by atoms with van der Waals surface area (Å²) in [5.41, 5.74) is 8.51. The van der Waals surface area contributed by atoms with Crippen LogP contribution in [0.25, 0.3) is 0 Å². The molecule has 4 rings (SSSR count). The lowest BCUT2D eigenvalue weighted by atomic mass is 9.83. The van der Waals surface area contributed by atoms with Crippen molar-refractivity contribution in [1.29, 1.82) is 0 Å². The second-order valence-corrected chi connectivity index (χ2v) is 9.59. The van der Waals surface area contributed by atoms with Gasteiger partial charge < -0.3 is 34.7 Å². The second-order valence-electron chi connectivity index (χ2n) is 9.59. The molecule has 0 aliphatic carbocycles. The first-order valence-corrected chi connectivity index (χ1v) is 12.7. The second kappa shape index (κ2) is 12.0. The van der Waals surface area contributed by atoms with Gasteiger partial charge in [-0.1, -0.05) is 6.07 Å². The minimum absolute atomic E-state index is 0.00108. The summed E-state index contributed by atoms with van der Waals surface area (Å²) >= 11 is 0. The van der Waals surface area contributed by atoms with E-state index in [2.05, 4.69) is 4.90 Å². The Morgan fingerprint density at radius 1 is 1.11 bits per heavy atom. The molecule has 1 saturated heterocycles. The monoisotopic (exact) mass is 498 g/mol. The maximum atomic E-state index is 11.6. The van der Waals surface area contributed by atoms with E-state index < -0.39 is 0 Å². The quantitative estimate of drug-likeness (QED) is 0.377. The van der Waals surface area contributed by atoms with Gasteiger partial charge in [0.05, 0.1) is 33.0 Å². The summed E-state index contributed by atoms with van der Waals surface area (Å²) in [4.78, 5) is 14.0. The van der Waals surface area contributed by atoms with Crippen LogP contribution in [0.15, 0.2) is 30.3 Å². The van der Waals surface area contributed by atoms with E-state index in [-0.39, 0.29) is 23.7 Å². The number of hydrogen-bond acceptors (Lipinski definition) is 8. The Morgan fingerprint density at radius 2 is 1.83 bits per heavy atom. The van der Waals surface area contributed by atoms with E-state index in [1.54, 1.807) is 38.5 Å². The number of ether oxygens (including phenoxy) is 4. The zero-order valence-corrected chi connectivity index (χ0v) is 21.5. The van der Waals surface area contributed by atoms with Crippen molar-refractivity contribution in [3.8, 4) is 23.0 Å². The lowest BCUT2D eigenvalue weighted by Crippen LogP contribution is -2.42. The Kier molecular flexibility index (Phi) is 8.72. The fourth-order valence-electron chi connectivity index (χ4n) is 5.33. The highest BCUT2D eigenvalue weighted by atomic mass is 16.5. The molecule has 196 valence electrons. The standard InChI is InChI=1S/C28H38N2O6/c1-18(31)20-5-7-23(26(15-20)34-3)35-14-4-11-30-12-9-19(10-13-30)25-16-22-21(27(17-29)36-25)6-8-24(33-2)28(22)32/h5-8,15,19,25,27,32H,4,9-14,16-17,29H2,1-3H3. The van der Waals surface area contributed by atoms with E-state index in [1.165, 1.54) is 6.92 Å². The van der Waals surface area contributed by atoms with Gasteiger partial charge in [-0.3, -0.25) is 4.79 Å². The normalized spacial score (nSPS) is 20.6. The molecule has 8 heteroatoms. The highest BCUT2D eigenvalue weighted by molar-refractivity contribution is 5.94. The minimum Gasteiger partial charge on any atom is -0.504 e. The molecule has 0 spiro atoms. The molecule has 0 amide bonds. The third-order valence-electron chi connectivity index (χ3n) is 7.41. The fraction of sp³-hybridized carbons (Fsp3) is 0.536. The van der Waals surface area contributed by atoms with Gasteiger partial charge in [-0.15, -0.1) is 0 Å². The Labute approximate surface area is 213 Å². The molecule has 2 aliphatic rings. The van der Waals surface area contributed by atoms with E-state index >= 15 is 0 Å². The van der Waals surface area contributed by atoms with Crippen LogP contribution in [-0.4, -0.2) is 68.9 Å². The number of ketones is 1. The number of phenolic OH excluding ortho intramolecular Hbond substituents is 1. The van der Waals surface area contributed by atoms with E-state index in [0.717, 1.165) is 50.0 Å². The van der Waals surface area contributed by atoms with Crippen molar-refractivity contribution in [2.45, 2.75) is 44.8 Å². The summed E-state index contributed by atoms with van der Waals surface area (Å²) in [5, 5.41) is 10.7. The van der Waals surface area contributed by atoms with E-state index in [9.17, 15) is 9.90 Å². The summed E-state index contributed by atoms with van der Waals surface area (Å²) < 4.78 is 23.0. The maximum absolute atomic E-state index is 11.6. The van der Waals surface area contributed by atoms with Gasteiger partial charge in [-0.2, -0.15) is 0 Å². The van der Waals surface area contributed by atoms with Gasteiger partial charge >= 0.3 is 0 Å². The molecule has 8 nitrogen and oxygen atoms in total. The van der Waals surface area contributed by atoms with Crippen molar-refractivity contribution in [1.82, 2.24) is 4.90 Å². The van der Waals surface area contributed by atoms with E-state index in [4.69, 9.17) is 24.7 Å². The summed E-state index contributed by atoms with van der Waals surface area (Å²) in [5.74, 6) is 2.37. The number of piperidine rings is 1. The van der Waals surface area contributed by atoms with Gasteiger partial charge in [0.1, 0.15) is 0 Å². The van der Waals surface area contributed by atoms with Crippen molar-refractivity contribution in [3.05, 3.63) is 47.0 Å². The van der Waals surface area contributed by atoms with Crippen LogP contribution in [0.1, 0.15) is 53.8 Å². The molecule has 2 heterocycles. The number of phenols is 1. The lowest BCUT2D eigenvalue weighted by Gasteiger charge is -2.40. The first-order chi connectivity index (χ1) is 17.4. The predicted octanol–water partition coefficient (Wildman–Crippen LogP) is 3.73. The van der Waals surface area contributed by atoms with Crippen LogP contribution in [0.4, 0.5) is 0 Å². The fourth-order valence-corrected chi connectivity index (χ4v) is 5.33. The van der Waals surface area contributed by atoms with Crippen LogP contribution in [0.5, 0.6) is 23.0 Å². The summed E-state index contributed by atoms with van der Waals surface area (Å²) in [6, 6.07) is 9.02. The average Bonchev–Trinajstić information content (AvgIpc) is 2.91. The first kappa shape index (κ1) is 26.3.